The number of aryl methyl sites for hydroxylation is 1. The summed E-state index contributed by atoms with van der Waals surface area (Å²) in [5, 5.41) is 7.47. The number of H-pyrrole nitrogens is 1. The first-order chi connectivity index (χ1) is 14.2. The van der Waals surface area contributed by atoms with Crippen molar-refractivity contribution in [3.05, 3.63) is 71.4 Å². The summed E-state index contributed by atoms with van der Waals surface area (Å²) in [5.41, 5.74) is 4.72. The molecule has 1 amide bonds. The van der Waals surface area contributed by atoms with Gasteiger partial charge in [0.25, 0.3) is 0 Å². The molecule has 1 atom stereocenters. The van der Waals surface area contributed by atoms with Gasteiger partial charge in [0.15, 0.2) is 0 Å². The topological polar surface area (TPSA) is 67.5 Å². The first-order valence-electron chi connectivity index (χ1n) is 9.78. The average molecular weight is 391 g/mol. The van der Waals surface area contributed by atoms with Crippen LogP contribution in [0.15, 0.2) is 54.6 Å². The van der Waals surface area contributed by atoms with E-state index >= 15 is 0 Å². The molecule has 4 rings (SSSR count). The van der Waals surface area contributed by atoms with Crippen LogP contribution in [0.4, 0.5) is 0 Å². The van der Waals surface area contributed by atoms with Crippen molar-refractivity contribution in [1.82, 2.24) is 15.1 Å². The number of ether oxygens (including phenoxy) is 2. The number of hydrogen-bond acceptors (Lipinski definition) is 4. The molecule has 0 spiro atoms. The summed E-state index contributed by atoms with van der Waals surface area (Å²) in [6.45, 7) is 3.67. The number of amides is 1. The van der Waals surface area contributed by atoms with Gasteiger partial charge in [-0.2, -0.15) is 5.10 Å². The predicted molar refractivity (Wildman–Crippen MR) is 111 cm³/mol. The Labute approximate surface area is 170 Å². The summed E-state index contributed by atoms with van der Waals surface area (Å²) in [7, 11) is 1.64. The predicted octanol–water partition coefficient (Wildman–Crippen LogP) is 3.54. The van der Waals surface area contributed by atoms with E-state index in [1.54, 1.807) is 7.11 Å². The van der Waals surface area contributed by atoms with Crippen LogP contribution in [0.5, 0.6) is 5.75 Å². The van der Waals surface area contributed by atoms with E-state index in [2.05, 4.69) is 10.2 Å². The zero-order valence-electron chi connectivity index (χ0n) is 16.7. The summed E-state index contributed by atoms with van der Waals surface area (Å²) < 4.78 is 11.1. The lowest BCUT2D eigenvalue weighted by atomic mass is 10.0. The monoisotopic (exact) mass is 391 g/mol. The van der Waals surface area contributed by atoms with Crippen molar-refractivity contribution in [2.75, 3.05) is 26.8 Å². The molecule has 0 bridgehead atoms. The van der Waals surface area contributed by atoms with E-state index in [1.165, 1.54) is 0 Å². The molecule has 1 aliphatic heterocycles. The summed E-state index contributed by atoms with van der Waals surface area (Å²) >= 11 is 0. The maximum Gasteiger partial charge on any atom is 0.227 e. The number of hydrogen-bond donors (Lipinski definition) is 1. The molecule has 1 unspecified atom stereocenters. The van der Waals surface area contributed by atoms with Crippen molar-refractivity contribution in [3.63, 3.8) is 0 Å². The smallest absolute Gasteiger partial charge is 0.227 e. The van der Waals surface area contributed by atoms with Gasteiger partial charge in [0.1, 0.15) is 11.9 Å². The van der Waals surface area contributed by atoms with Gasteiger partial charge in [0.05, 0.1) is 32.4 Å². The Kier molecular flexibility index (Phi) is 5.62. The fourth-order valence-corrected chi connectivity index (χ4v) is 3.66. The van der Waals surface area contributed by atoms with Gasteiger partial charge in [0.2, 0.25) is 5.91 Å². The number of benzene rings is 2. The molecule has 0 aliphatic carbocycles. The molecule has 150 valence electrons. The van der Waals surface area contributed by atoms with Gasteiger partial charge in [-0.05, 0) is 36.8 Å². The fraction of sp³-hybridized carbons (Fsp3) is 0.304. The second kappa shape index (κ2) is 8.49. The van der Waals surface area contributed by atoms with Crippen LogP contribution in [0.2, 0.25) is 0 Å². The number of nitrogens with one attached hydrogen (secondary N) is 1. The summed E-state index contributed by atoms with van der Waals surface area (Å²) in [6, 6.07) is 17.8. The van der Waals surface area contributed by atoms with Crippen LogP contribution in [0.1, 0.15) is 22.9 Å². The van der Waals surface area contributed by atoms with Crippen LogP contribution in [0.25, 0.3) is 11.3 Å². The molecule has 0 saturated carbocycles. The third-order valence-electron chi connectivity index (χ3n) is 5.36. The lowest BCUT2D eigenvalue weighted by Crippen LogP contribution is -2.43. The van der Waals surface area contributed by atoms with Crippen molar-refractivity contribution in [1.29, 1.82) is 0 Å². The fourth-order valence-electron chi connectivity index (χ4n) is 3.66. The molecular formula is C23H25N3O3. The largest absolute Gasteiger partial charge is 0.497 e. The van der Waals surface area contributed by atoms with Gasteiger partial charge >= 0.3 is 0 Å². The molecule has 2 aromatic carbocycles. The number of rotatable bonds is 5. The van der Waals surface area contributed by atoms with E-state index in [0.717, 1.165) is 33.8 Å². The van der Waals surface area contributed by atoms with Gasteiger partial charge in [-0.25, -0.2) is 0 Å². The van der Waals surface area contributed by atoms with Gasteiger partial charge in [0, 0.05) is 23.4 Å². The minimum absolute atomic E-state index is 0.0830. The van der Waals surface area contributed by atoms with Gasteiger partial charge in [-0.1, -0.05) is 30.3 Å². The van der Waals surface area contributed by atoms with E-state index < -0.39 is 0 Å². The van der Waals surface area contributed by atoms with Crippen LogP contribution < -0.4 is 4.74 Å². The van der Waals surface area contributed by atoms with E-state index in [-0.39, 0.29) is 12.0 Å². The molecule has 1 saturated heterocycles. The third-order valence-corrected chi connectivity index (χ3v) is 5.36. The van der Waals surface area contributed by atoms with Crippen LogP contribution >= 0.6 is 0 Å². The minimum atomic E-state index is -0.0830. The Hall–Kier alpha value is -3.12. The second-order valence-electron chi connectivity index (χ2n) is 7.19. The highest BCUT2D eigenvalue weighted by molar-refractivity contribution is 5.82. The quantitative estimate of drug-likeness (QED) is 0.722. The molecule has 1 aromatic heterocycles. The molecule has 0 radical (unpaired) electrons. The normalized spacial score (nSPS) is 16.6. The Bertz CT molecular complexity index is 967. The second-order valence-corrected chi connectivity index (χ2v) is 7.19. The van der Waals surface area contributed by atoms with Crippen molar-refractivity contribution in [2.45, 2.75) is 19.4 Å². The number of morpholine rings is 1. The van der Waals surface area contributed by atoms with Crippen molar-refractivity contribution < 1.29 is 14.3 Å². The molecule has 6 heteroatoms. The maximum absolute atomic E-state index is 13.1. The Balaban J connectivity index is 1.50. The number of carbonyl (C=O) groups is 1. The van der Waals surface area contributed by atoms with Crippen LogP contribution in [0.3, 0.4) is 0 Å². The van der Waals surface area contributed by atoms with E-state index in [0.29, 0.717) is 26.1 Å². The number of aromatic nitrogens is 2. The van der Waals surface area contributed by atoms with Gasteiger partial charge in [-0.3, -0.25) is 9.89 Å². The Morgan fingerprint density at radius 3 is 2.69 bits per heavy atom. The lowest BCUT2D eigenvalue weighted by Gasteiger charge is -2.33. The molecule has 29 heavy (non-hydrogen) atoms. The number of nitrogens with zero attached hydrogens (tertiary/aromatic N) is 2. The molecule has 1 fully saturated rings. The van der Waals surface area contributed by atoms with Crippen LogP contribution in [0, 0.1) is 6.92 Å². The summed E-state index contributed by atoms with van der Waals surface area (Å²) in [5.74, 6) is 0.882. The highest BCUT2D eigenvalue weighted by Crippen LogP contribution is 2.27. The number of methoxy groups -OCH3 is 1. The lowest BCUT2D eigenvalue weighted by molar-refractivity contribution is -0.138. The van der Waals surface area contributed by atoms with Crippen LogP contribution in [-0.4, -0.2) is 47.8 Å². The van der Waals surface area contributed by atoms with Crippen LogP contribution in [-0.2, 0) is 16.0 Å². The molecule has 3 aromatic rings. The molecule has 1 aliphatic rings. The Morgan fingerprint density at radius 2 is 1.97 bits per heavy atom. The number of carbonyl (C=O) groups excluding carboxylic acids is 1. The number of aromatic amines is 1. The standard InChI is InChI=1S/C23H25N3O3/c1-16-20(23(25-24-16)18-8-10-19(28-2)11-9-18)14-22(27)26-12-13-29-21(15-26)17-6-4-3-5-7-17/h3-11,21H,12-15H2,1-2H3,(H,24,25). The highest BCUT2D eigenvalue weighted by Gasteiger charge is 2.27. The van der Waals surface area contributed by atoms with Gasteiger partial charge in [-0.15, -0.1) is 0 Å². The molecule has 6 nitrogen and oxygen atoms in total. The van der Waals surface area contributed by atoms with E-state index in [4.69, 9.17) is 9.47 Å². The van der Waals surface area contributed by atoms with Crippen molar-refractivity contribution in [3.8, 4) is 17.0 Å². The molecule has 1 N–H and O–H groups in total. The average Bonchev–Trinajstić information content (AvgIpc) is 3.14. The first kappa shape index (κ1) is 19.2. The molecule has 2 heterocycles. The van der Waals surface area contributed by atoms with Crippen molar-refractivity contribution in [2.24, 2.45) is 0 Å². The third kappa shape index (κ3) is 4.17. The maximum atomic E-state index is 13.1. The summed E-state index contributed by atoms with van der Waals surface area (Å²) in [6.07, 6.45) is 0.228. The molecular weight excluding hydrogens is 366 g/mol. The van der Waals surface area contributed by atoms with E-state index in [9.17, 15) is 4.79 Å². The van der Waals surface area contributed by atoms with Crippen molar-refractivity contribution >= 4 is 5.91 Å². The minimum Gasteiger partial charge on any atom is -0.497 e. The van der Waals surface area contributed by atoms with E-state index in [1.807, 2.05) is 66.4 Å². The SMILES string of the molecule is COc1ccc(-c2n[nH]c(C)c2CC(=O)N2CCOC(c3ccccc3)C2)cc1. The zero-order valence-corrected chi connectivity index (χ0v) is 16.7. The van der Waals surface area contributed by atoms with Gasteiger partial charge < -0.3 is 14.4 Å². The summed E-state index contributed by atoms with van der Waals surface area (Å²) in [4.78, 5) is 15.0. The highest BCUT2D eigenvalue weighted by atomic mass is 16.5. The zero-order chi connectivity index (χ0) is 20.2. The first-order valence-corrected chi connectivity index (χ1v) is 9.78. The Morgan fingerprint density at radius 1 is 1.21 bits per heavy atom.